The fourth-order valence-electron chi connectivity index (χ4n) is 0.922. The molecule has 0 saturated carbocycles. The largest absolute Gasteiger partial charge is 0.276 e. The molecule has 0 spiro atoms. The van der Waals surface area contributed by atoms with E-state index in [0.29, 0.717) is 18.2 Å². The van der Waals surface area contributed by atoms with E-state index < -0.39 is 8.25 Å². The lowest BCUT2D eigenvalue weighted by Crippen LogP contribution is -2.37. The Kier molecular flexibility index (Phi) is 4.58. The molecule has 0 aliphatic heterocycles. The standard InChI is InChI=1S/C7H9Cl5N4/c1-4(2)3-5-13-15-16(14-5)7(11,12)6(8,9)10/h4H,3H2,1-2H3. The van der Waals surface area contributed by atoms with Crippen LogP contribution in [0.25, 0.3) is 0 Å². The summed E-state index contributed by atoms with van der Waals surface area (Å²) >= 11 is 28.5. The van der Waals surface area contributed by atoms with Crippen LogP contribution < -0.4 is 0 Å². The van der Waals surface area contributed by atoms with Crippen molar-refractivity contribution in [2.45, 2.75) is 28.5 Å². The lowest BCUT2D eigenvalue weighted by atomic mass is 10.1. The molecule has 1 aromatic rings. The van der Waals surface area contributed by atoms with Gasteiger partial charge >= 0.3 is 0 Å². The highest BCUT2D eigenvalue weighted by atomic mass is 35.6. The molecule has 1 rings (SSSR count). The molecular formula is C7H9Cl5N4. The van der Waals surface area contributed by atoms with Crippen molar-refractivity contribution < 1.29 is 0 Å². The minimum absolute atomic E-state index is 0.380. The second-order valence-electron chi connectivity index (χ2n) is 3.63. The van der Waals surface area contributed by atoms with E-state index in [1.54, 1.807) is 0 Å². The molecular weight excluding hydrogens is 317 g/mol. The monoisotopic (exact) mass is 324 g/mol. The van der Waals surface area contributed by atoms with Gasteiger partial charge in [-0.15, -0.1) is 15.0 Å². The van der Waals surface area contributed by atoms with Crippen LogP contribution in [-0.2, 0) is 10.9 Å². The molecule has 0 bridgehead atoms. The average molecular weight is 326 g/mol. The number of hydrogen-bond donors (Lipinski definition) is 0. The minimum Gasteiger partial charge on any atom is -0.133 e. The first-order valence-corrected chi connectivity index (χ1v) is 6.27. The van der Waals surface area contributed by atoms with Crippen LogP contribution in [0.15, 0.2) is 0 Å². The fraction of sp³-hybridized carbons (Fsp3) is 0.857. The number of rotatable bonds is 3. The van der Waals surface area contributed by atoms with Crippen molar-refractivity contribution in [3.63, 3.8) is 0 Å². The molecule has 0 saturated heterocycles. The van der Waals surface area contributed by atoms with Crippen molar-refractivity contribution in [1.29, 1.82) is 0 Å². The lowest BCUT2D eigenvalue weighted by Gasteiger charge is -2.25. The normalized spacial score (nSPS) is 13.5. The summed E-state index contributed by atoms with van der Waals surface area (Å²) in [5, 5.41) is 11.4. The highest BCUT2D eigenvalue weighted by molar-refractivity contribution is 6.74. The molecule has 0 atom stereocenters. The summed E-state index contributed by atoms with van der Waals surface area (Å²) in [7, 11) is 0. The van der Waals surface area contributed by atoms with Crippen LogP contribution in [0.2, 0.25) is 0 Å². The Morgan fingerprint density at radius 3 is 2.19 bits per heavy atom. The minimum atomic E-state index is -1.95. The van der Waals surface area contributed by atoms with E-state index in [0.717, 1.165) is 4.80 Å². The van der Waals surface area contributed by atoms with Crippen LogP contribution in [0.1, 0.15) is 19.7 Å². The molecule has 0 radical (unpaired) electrons. The van der Waals surface area contributed by atoms with E-state index in [9.17, 15) is 0 Å². The van der Waals surface area contributed by atoms with E-state index >= 15 is 0 Å². The fourth-order valence-corrected chi connectivity index (χ4v) is 1.29. The Balaban J connectivity index is 2.93. The van der Waals surface area contributed by atoms with Crippen LogP contribution in [0, 0.1) is 5.92 Å². The zero-order valence-electron chi connectivity index (χ0n) is 8.46. The molecule has 16 heavy (non-hydrogen) atoms. The Hall–Kier alpha value is 0.520. The molecule has 0 unspecified atom stereocenters. The lowest BCUT2D eigenvalue weighted by molar-refractivity contribution is 0.457. The summed E-state index contributed by atoms with van der Waals surface area (Å²) in [5.41, 5.74) is 0. The Morgan fingerprint density at radius 2 is 1.75 bits per heavy atom. The number of hydrogen-bond acceptors (Lipinski definition) is 3. The molecule has 0 aliphatic rings. The van der Waals surface area contributed by atoms with Crippen molar-refractivity contribution >= 4 is 58.0 Å². The number of nitrogens with zero attached hydrogens (tertiary/aromatic N) is 4. The third-order valence-electron chi connectivity index (χ3n) is 1.64. The quantitative estimate of drug-likeness (QED) is 0.800. The maximum absolute atomic E-state index is 5.86. The highest BCUT2D eigenvalue weighted by Gasteiger charge is 2.50. The molecule has 4 nitrogen and oxygen atoms in total. The summed E-state index contributed by atoms with van der Waals surface area (Å²) in [4.78, 5) is 0.890. The smallest absolute Gasteiger partial charge is 0.133 e. The van der Waals surface area contributed by atoms with Gasteiger partial charge in [0.05, 0.1) is 0 Å². The summed E-state index contributed by atoms with van der Waals surface area (Å²) < 4.78 is -3.84. The molecule has 0 N–H and O–H groups in total. The van der Waals surface area contributed by atoms with Crippen molar-refractivity contribution in [2.24, 2.45) is 5.92 Å². The van der Waals surface area contributed by atoms with Crippen molar-refractivity contribution in [1.82, 2.24) is 20.2 Å². The molecule has 0 aliphatic carbocycles. The van der Waals surface area contributed by atoms with Crippen LogP contribution in [-0.4, -0.2) is 24.0 Å². The van der Waals surface area contributed by atoms with Crippen LogP contribution in [0.5, 0.6) is 0 Å². The SMILES string of the molecule is CC(C)Cc1nnn(C(Cl)(Cl)C(Cl)(Cl)Cl)n1. The van der Waals surface area contributed by atoms with Gasteiger partial charge in [-0.05, 0) is 11.1 Å². The molecule has 0 amide bonds. The van der Waals surface area contributed by atoms with Crippen molar-refractivity contribution in [3.8, 4) is 0 Å². The van der Waals surface area contributed by atoms with E-state index in [1.807, 2.05) is 13.8 Å². The predicted molar refractivity (Wildman–Crippen MR) is 66.3 cm³/mol. The first kappa shape index (κ1) is 14.6. The average Bonchev–Trinajstić information content (AvgIpc) is 2.49. The van der Waals surface area contributed by atoms with Gasteiger partial charge in [0.2, 0.25) is 3.79 Å². The van der Waals surface area contributed by atoms with Crippen LogP contribution in [0.4, 0.5) is 0 Å². The first-order chi connectivity index (χ1) is 7.14. The van der Waals surface area contributed by atoms with Gasteiger partial charge in [-0.3, -0.25) is 0 Å². The molecule has 1 aromatic heterocycles. The zero-order chi connectivity index (χ0) is 12.6. The number of alkyl halides is 5. The third kappa shape index (κ3) is 3.26. The number of aromatic nitrogens is 4. The van der Waals surface area contributed by atoms with Gasteiger partial charge in [-0.2, -0.15) is 0 Å². The predicted octanol–water partition coefficient (Wildman–Crippen LogP) is 3.33. The van der Waals surface area contributed by atoms with Crippen molar-refractivity contribution in [3.05, 3.63) is 5.82 Å². The van der Waals surface area contributed by atoms with Gasteiger partial charge in [-0.1, -0.05) is 71.9 Å². The van der Waals surface area contributed by atoms with E-state index in [-0.39, 0.29) is 0 Å². The molecule has 0 fully saturated rings. The Bertz CT molecular complexity index is 356. The van der Waals surface area contributed by atoms with Gasteiger partial charge in [0.1, 0.15) is 0 Å². The Morgan fingerprint density at radius 1 is 1.19 bits per heavy atom. The number of tetrazole rings is 1. The van der Waals surface area contributed by atoms with Crippen molar-refractivity contribution in [2.75, 3.05) is 0 Å². The number of halogens is 5. The molecule has 1 heterocycles. The molecule has 0 aromatic carbocycles. The summed E-state index contributed by atoms with van der Waals surface area (Å²) in [6.07, 6.45) is 0.643. The molecule has 9 heteroatoms. The van der Waals surface area contributed by atoms with E-state index in [2.05, 4.69) is 15.4 Å². The van der Waals surface area contributed by atoms with E-state index in [4.69, 9.17) is 58.0 Å². The van der Waals surface area contributed by atoms with E-state index in [1.165, 1.54) is 0 Å². The summed E-state index contributed by atoms with van der Waals surface area (Å²) in [6, 6.07) is 0. The zero-order valence-corrected chi connectivity index (χ0v) is 12.2. The topological polar surface area (TPSA) is 43.6 Å². The summed E-state index contributed by atoms with van der Waals surface area (Å²) in [6.45, 7) is 4.04. The van der Waals surface area contributed by atoms with Crippen LogP contribution in [0.3, 0.4) is 0 Å². The van der Waals surface area contributed by atoms with Gasteiger partial charge in [0.25, 0.3) is 4.46 Å². The first-order valence-electron chi connectivity index (χ1n) is 4.38. The van der Waals surface area contributed by atoms with Gasteiger partial charge in [0, 0.05) is 6.42 Å². The maximum Gasteiger partial charge on any atom is 0.276 e. The highest BCUT2D eigenvalue weighted by Crippen LogP contribution is 2.48. The van der Waals surface area contributed by atoms with Gasteiger partial charge in [0.15, 0.2) is 5.82 Å². The third-order valence-corrected chi connectivity index (χ3v) is 3.91. The second kappa shape index (κ2) is 5.02. The maximum atomic E-state index is 5.86. The Labute approximate surface area is 118 Å². The van der Waals surface area contributed by atoms with Gasteiger partial charge < -0.3 is 0 Å². The summed E-state index contributed by atoms with van der Waals surface area (Å²) in [5.74, 6) is 0.875. The van der Waals surface area contributed by atoms with Crippen LogP contribution >= 0.6 is 58.0 Å². The second-order valence-corrected chi connectivity index (χ2v) is 7.20. The molecule has 92 valence electrons. The van der Waals surface area contributed by atoms with Gasteiger partial charge in [-0.25, -0.2) is 0 Å².